The minimum Gasteiger partial charge on any atom is -0.390 e. The van der Waals surface area contributed by atoms with Crippen LogP contribution in [0.5, 0.6) is 0 Å². The Balaban J connectivity index is 2.28. The minimum absolute atomic E-state index is 0.973. The molecule has 4 aromatic rings. The van der Waals surface area contributed by atoms with Crippen LogP contribution >= 0.6 is 45.3 Å². The van der Waals surface area contributed by atoms with Crippen molar-refractivity contribution in [1.82, 2.24) is 0 Å². The van der Waals surface area contributed by atoms with Gasteiger partial charge in [-0.3, -0.25) is 0 Å². The molecule has 0 fully saturated rings. The Labute approximate surface area is 114 Å². The number of hydrogen-bond acceptors (Lipinski definition) is 5. The number of anilines is 1. The van der Waals surface area contributed by atoms with Gasteiger partial charge in [-0.2, -0.15) is 0 Å². The SMILES string of the molecule is Cc1cc2sc3c4sc(N)c(C)c4sc3c2s1. The number of fused-ring (bicyclic) bond motifs is 5. The van der Waals surface area contributed by atoms with Gasteiger partial charge in [-0.1, -0.05) is 0 Å². The summed E-state index contributed by atoms with van der Waals surface area (Å²) in [5.74, 6) is 0. The van der Waals surface area contributed by atoms with Crippen molar-refractivity contribution in [3.63, 3.8) is 0 Å². The van der Waals surface area contributed by atoms with Crippen LogP contribution in [0.2, 0.25) is 0 Å². The molecule has 17 heavy (non-hydrogen) atoms. The van der Waals surface area contributed by atoms with Crippen molar-refractivity contribution in [2.45, 2.75) is 13.8 Å². The molecule has 5 heteroatoms. The molecule has 0 spiro atoms. The first-order chi connectivity index (χ1) is 8.15. The van der Waals surface area contributed by atoms with Gasteiger partial charge < -0.3 is 5.73 Å². The van der Waals surface area contributed by atoms with Gasteiger partial charge >= 0.3 is 0 Å². The molecule has 86 valence electrons. The molecular formula is C12H9NS4. The fourth-order valence-electron chi connectivity index (χ4n) is 2.12. The molecule has 0 aliphatic rings. The van der Waals surface area contributed by atoms with E-state index in [1.165, 1.54) is 38.6 Å². The van der Waals surface area contributed by atoms with E-state index < -0.39 is 0 Å². The smallest absolute Gasteiger partial charge is 0.0907 e. The monoisotopic (exact) mass is 295 g/mol. The van der Waals surface area contributed by atoms with Gasteiger partial charge in [0.1, 0.15) is 0 Å². The average molecular weight is 295 g/mol. The first kappa shape index (κ1) is 10.3. The number of rotatable bonds is 0. The lowest BCUT2D eigenvalue weighted by Gasteiger charge is -1.85. The van der Waals surface area contributed by atoms with Gasteiger partial charge in [0.05, 0.1) is 28.5 Å². The van der Waals surface area contributed by atoms with Gasteiger partial charge in [-0.05, 0) is 19.9 Å². The number of thiophene rings is 4. The van der Waals surface area contributed by atoms with Crippen molar-refractivity contribution in [2.75, 3.05) is 5.73 Å². The highest BCUT2D eigenvalue weighted by Gasteiger charge is 2.17. The molecule has 0 amide bonds. The lowest BCUT2D eigenvalue weighted by Crippen LogP contribution is -1.79. The van der Waals surface area contributed by atoms with Gasteiger partial charge in [0.25, 0.3) is 0 Å². The van der Waals surface area contributed by atoms with Crippen molar-refractivity contribution >= 4 is 78.5 Å². The molecule has 0 unspecified atom stereocenters. The summed E-state index contributed by atoms with van der Waals surface area (Å²) in [6.07, 6.45) is 0. The first-order valence-corrected chi connectivity index (χ1v) is 8.52. The van der Waals surface area contributed by atoms with Crippen LogP contribution in [-0.4, -0.2) is 0 Å². The average Bonchev–Trinajstić information content (AvgIpc) is 2.92. The van der Waals surface area contributed by atoms with Crippen molar-refractivity contribution in [3.05, 3.63) is 16.5 Å². The maximum atomic E-state index is 6.01. The third-order valence-electron chi connectivity index (χ3n) is 2.98. The largest absolute Gasteiger partial charge is 0.390 e. The number of aryl methyl sites for hydroxylation is 2. The predicted octanol–water partition coefficient (Wildman–Crippen LogP) is 5.59. The van der Waals surface area contributed by atoms with E-state index in [2.05, 4.69) is 19.9 Å². The number of nitrogens with two attached hydrogens (primary N) is 1. The zero-order valence-corrected chi connectivity index (χ0v) is 12.6. The third-order valence-corrected chi connectivity index (χ3v) is 8.32. The summed E-state index contributed by atoms with van der Waals surface area (Å²) in [7, 11) is 0. The molecule has 1 nitrogen and oxygen atoms in total. The summed E-state index contributed by atoms with van der Waals surface area (Å²) in [4.78, 5) is 1.40. The topological polar surface area (TPSA) is 26.0 Å². The maximum Gasteiger partial charge on any atom is 0.0907 e. The molecule has 0 saturated carbocycles. The fourth-order valence-corrected chi connectivity index (χ4v) is 7.63. The van der Waals surface area contributed by atoms with Gasteiger partial charge in [0.15, 0.2) is 0 Å². The van der Waals surface area contributed by atoms with Crippen LogP contribution in [-0.2, 0) is 0 Å². The van der Waals surface area contributed by atoms with E-state index in [1.807, 2.05) is 34.0 Å². The van der Waals surface area contributed by atoms with Crippen molar-refractivity contribution < 1.29 is 0 Å². The van der Waals surface area contributed by atoms with Crippen LogP contribution in [0.1, 0.15) is 10.4 Å². The zero-order chi connectivity index (χ0) is 11.7. The molecule has 0 aromatic carbocycles. The van der Waals surface area contributed by atoms with Crippen molar-refractivity contribution in [2.24, 2.45) is 0 Å². The summed E-state index contributed by atoms with van der Waals surface area (Å²) in [6, 6.07) is 2.30. The van der Waals surface area contributed by atoms with Crippen LogP contribution in [0.25, 0.3) is 28.2 Å². The van der Waals surface area contributed by atoms with Gasteiger partial charge in [0, 0.05) is 15.1 Å². The van der Waals surface area contributed by atoms with Crippen molar-refractivity contribution in [3.8, 4) is 0 Å². The van der Waals surface area contributed by atoms with E-state index in [-0.39, 0.29) is 0 Å². The Hall–Kier alpha value is -0.620. The Morgan fingerprint density at radius 2 is 1.53 bits per heavy atom. The fraction of sp³-hybridized carbons (Fsp3) is 0.167. The molecule has 0 bridgehead atoms. The standard InChI is InChI=1S/C12H9NS4/c1-4-3-6-8(14-4)10-11(15-6)9-7(16-10)5(2)12(13)17-9/h3H,13H2,1-2H3. The highest BCUT2D eigenvalue weighted by atomic mass is 32.1. The molecule has 2 N–H and O–H groups in total. The van der Waals surface area contributed by atoms with E-state index in [9.17, 15) is 0 Å². The molecule has 0 radical (unpaired) electrons. The minimum atomic E-state index is 0.973. The first-order valence-electron chi connectivity index (χ1n) is 5.25. The highest BCUT2D eigenvalue weighted by Crippen LogP contribution is 2.51. The molecule has 4 heterocycles. The second-order valence-electron chi connectivity index (χ2n) is 4.16. The Morgan fingerprint density at radius 3 is 2.35 bits per heavy atom. The summed E-state index contributed by atoms with van der Waals surface area (Å²) in [5, 5.41) is 0.973. The third kappa shape index (κ3) is 1.23. The lowest BCUT2D eigenvalue weighted by molar-refractivity contribution is 1.61. The summed E-state index contributed by atoms with van der Waals surface area (Å²) >= 11 is 7.48. The molecule has 4 aromatic heterocycles. The maximum absolute atomic E-state index is 6.01. The molecule has 0 atom stereocenters. The molecule has 0 aliphatic carbocycles. The number of nitrogen functional groups attached to an aromatic ring is 1. The zero-order valence-electron chi connectivity index (χ0n) is 9.29. The molecular weight excluding hydrogens is 286 g/mol. The van der Waals surface area contributed by atoms with E-state index >= 15 is 0 Å². The van der Waals surface area contributed by atoms with Gasteiger partial charge in [0.2, 0.25) is 0 Å². The van der Waals surface area contributed by atoms with Crippen LogP contribution in [0, 0.1) is 13.8 Å². The van der Waals surface area contributed by atoms with E-state index in [4.69, 9.17) is 5.73 Å². The second kappa shape index (κ2) is 3.23. The van der Waals surface area contributed by atoms with Crippen LogP contribution in [0.15, 0.2) is 6.07 Å². The molecule has 0 aliphatic heterocycles. The van der Waals surface area contributed by atoms with E-state index in [0.29, 0.717) is 0 Å². The lowest BCUT2D eigenvalue weighted by atomic mass is 10.3. The molecule has 0 saturated heterocycles. The number of hydrogen-bond donors (Lipinski definition) is 1. The van der Waals surface area contributed by atoms with Gasteiger partial charge in [-0.15, -0.1) is 45.3 Å². The highest BCUT2D eigenvalue weighted by molar-refractivity contribution is 7.45. The molecule has 4 rings (SSSR count). The predicted molar refractivity (Wildman–Crippen MR) is 84.4 cm³/mol. The normalized spacial score (nSPS) is 12.4. The Kier molecular flexibility index (Phi) is 1.96. The van der Waals surface area contributed by atoms with Crippen LogP contribution < -0.4 is 5.73 Å². The van der Waals surface area contributed by atoms with Crippen LogP contribution in [0.4, 0.5) is 5.00 Å². The van der Waals surface area contributed by atoms with E-state index in [1.54, 1.807) is 11.3 Å². The van der Waals surface area contributed by atoms with Crippen LogP contribution in [0.3, 0.4) is 0 Å². The Morgan fingerprint density at radius 1 is 0.824 bits per heavy atom. The summed E-state index contributed by atoms with van der Waals surface area (Å²) < 4.78 is 8.59. The van der Waals surface area contributed by atoms with Crippen molar-refractivity contribution in [1.29, 1.82) is 0 Å². The Bertz CT molecular complexity index is 871. The summed E-state index contributed by atoms with van der Waals surface area (Å²) in [5.41, 5.74) is 7.28. The summed E-state index contributed by atoms with van der Waals surface area (Å²) in [6.45, 7) is 4.31. The quantitative estimate of drug-likeness (QED) is 0.449. The van der Waals surface area contributed by atoms with Gasteiger partial charge in [-0.25, -0.2) is 0 Å². The van der Waals surface area contributed by atoms with E-state index in [0.717, 1.165) is 5.00 Å². The second-order valence-corrected chi connectivity index (χ2v) is 8.54.